The zero-order chi connectivity index (χ0) is 9.97. The highest BCUT2D eigenvalue weighted by atomic mass is 16.5. The van der Waals surface area contributed by atoms with Crippen molar-refractivity contribution in [2.75, 3.05) is 7.11 Å². The van der Waals surface area contributed by atoms with Crippen LogP contribution < -0.4 is 5.73 Å². The Labute approximate surface area is 84.1 Å². The predicted octanol–water partition coefficient (Wildman–Crippen LogP) is 1.08. The maximum Gasteiger partial charge on any atom is 0.0951 e. The summed E-state index contributed by atoms with van der Waals surface area (Å²) in [4.78, 5) is 4.15. The normalized spacial score (nSPS) is 27.0. The minimum absolute atomic E-state index is 0.359. The maximum atomic E-state index is 5.89. The Kier molecular flexibility index (Phi) is 2.84. The molecule has 2 N–H and O–H groups in total. The zero-order valence-corrected chi connectivity index (χ0v) is 8.52. The molecule has 0 bridgehead atoms. The first-order chi connectivity index (χ1) is 6.81. The second-order valence-electron chi connectivity index (χ2n) is 3.95. The van der Waals surface area contributed by atoms with Crippen LogP contribution in [0.1, 0.15) is 31.0 Å². The SMILES string of the molecule is COCc1cncn1C1CCC(N)C1. The number of hydrogen-bond donors (Lipinski definition) is 1. The Morgan fingerprint density at radius 1 is 1.64 bits per heavy atom. The van der Waals surface area contributed by atoms with Crippen LogP contribution in [0.2, 0.25) is 0 Å². The third-order valence-electron chi connectivity index (χ3n) is 2.88. The van der Waals surface area contributed by atoms with E-state index in [-0.39, 0.29) is 0 Å². The molecule has 0 radical (unpaired) electrons. The van der Waals surface area contributed by atoms with E-state index in [1.54, 1.807) is 7.11 Å². The smallest absolute Gasteiger partial charge is 0.0951 e. The lowest BCUT2D eigenvalue weighted by atomic mass is 10.2. The van der Waals surface area contributed by atoms with E-state index in [0.29, 0.717) is 18.7 Å². The summed E-state index contributed by atoms with van der Waals surface area (Å²) in [6.45, 7) is 0.631. The third-order valence-corrected chi connectivity index (χ3v) is 2.88. The Morgan fingerprint density at radius 3 is 3.14 bits per heavy atom. The molecule has 0 spiro atoms. The molecule has 1 aliphatic carbocycles. The molecule has 1 saturated carbocycles. The van der Waals surface area contributed by atoms with Crippen molar-refractivity contribution in [1.82, 2.24) is 9.55 Å². The lowest BCUT2D eigenvalue weighted by molar-refractivity contribution is 0.176. The number of aromatic nitrogens is 2. The molecule has 78 valence electrons. The molecule has 4 nitrogen and oxygen atoms in total. The van der Waals surface area contributed by atoms with E-state index in [2.05, 4.69) is 9.55 Å². The molecule has 0 saturated heterocycles. The molecule has 0 amide bonds. The molecule has 0 aromatic carbocycles. The standard InChI is InChI=1S/C10H17N3O/c1-14-6-10-5-12-7-13(10)9-3-2-8(11)4-9/h5,7-9H,2-4,6,11H2,1H3. The quantitative estimate of drug-likeness (QED) is 0.785. The van der Waals surface area contributed by atoms with E-state index < -0.39 is 0 Å². The van der Waals surface area contributed by atoms with Crippen LogP contribution in [0.5, 0.6) is 0 Å². The van der Waals surface area contributed by atoms with Crippen LogP contribution in [0.4, 0.5) is 0 Å². The summed E-state index contributed by atoms with van der Waals surface area (Å²) in [5.41, 5.74) is 7.04. The summed E-state index contributed by atoms with van der Waals surface area (Å²) in [7, 11) is 1.71. The lowest BCUT2D eigenvalue weighted by Crippen LogP contribution is -2.16. The first-order valence-corrected chi connectivity index (χ1v) is 5.06. The highest BCUT2D eigenvalue weighted by Gasteiger charge is 2.24. The van der Waals surface area contributed by atoms with Crippen molar-refractivity contribution in [3.8, 4) is 0 Å². The van der Waals surface area contributed by atoms with Crippen LogP contribution in [0.3, 0.4) is 0 Å². The number of nitrogens with zero attached hydrogens (tertiary/aromatic N) is 2. The summed E-state index contributed by atoms with van der Waals surface area (Å²) in [5, 5.41) is 0. The fraction of sp³-hybridized carbons (Fsp3) is 0.700. The minimum atomic E-state index is 0.359. The zero-order valence-electron chi connectivity index (χ0n) is 8.52. The number of hydrogen-bond acceptors (Lipinski definition) is 3. The van der Waals surface area contributed by atoms with Crippen molar-refractivity contribution >= 4 is 0 Å². The van der Waals surface area contributed by atoms with E-state index in [9.17, 15) is 0 Å². The van der Waals surface area contributed by atoms with Gasteiger partial charge in [0, 0.05) is 19.2 Å². The van der Waals surface area contributed by atoms with Gasteiger partial charge in [0.1, 0.15) is 0 Å². The molecule has 4 heteroatoms. The second-order valence-corrected chi connectivity index (χ2v) is 3.95. The van der Waals surface area contributed by atoms with Gasteiger partial charge in [0.25, 0.3) is 0 Å². The summed E-state index contributed by atoms with van der Waals surface area (Å²) < 4.78 is 7.33. The predicted molar refractivity (Wildman–Crippen MR) is 53.8 cm³/mol. The van der Waals surface area contributed by atoms with E-state index in [0.717, 1.165) is 25.0 Å². The van der Waals surface area contributed by atoms with Gasteiger partial charge >= 0.3 is 0 Å². The van der Waals surface area contributed by atoms with Gasteiger partial charge in [0.2, 0.25) is 0 Å². The Hall–Kier alpha value is -0.870. The van der Waals surface area contributed by atoms with Crippen LogP contribution >= 0.6 is 0 Å². The fourth-order valence-corrected chi connectivity index (χ4v) is 2.16. The number of methoxy groups -OCH3 is 1. The van der Waals surface area contributed by atoms with E-state index in [1.807, 2.05) is 12.5 Å². The van der Waals surface area contributed by atoms with Crippen molar-refractivity contribution in [3.63, 3.8) is 0 Å². The highest BCUT2D eigenvalue weighted by molar-refractivity contribution is 5.00. The van der Waals surface area contributed by atoms with Gasteiger partial charge in [-0.05, 0) is 19.3 Å². The molecule has 0 aliphatic heterocycles. The van der Waals surface area contributed by atoms with Gasteiger partial charge in [-0.3, -0.25) is 0 Å². The van der Waals surface area contributed by atoms with Crippen LogP contribution in [0.25, 0.3) is 0 Å². The first-order valence-electron chi connectivity index (χ1n) is 5.06. The van der Waals surface area contributed by atoms with Gasteiger partial charge in [0.15, 0.2) is 0 Å². The van der Waals surface area contributed by atoms with Crippen LogP contribution in [-0.4, -0.2) is 22.7 Å². The Bertz CT molecular complexity index is 297. The molecule has 2 atom stereocenters. The highest BCUT2D eigenvalue weighted by Crippen LogP contribution is 2.29. The molecule has 1 fully saturated rings. The van der Waals surface area contributed by atoms with E-state index >= 15 is 0 Å². The van der Waals surface area contributed by atoms with Crippen LogP contribution in [0.15, 0.2) is 12.5 Å². The first kappa shape index (κ1) is 9.68. The molecule has 2 unspecified atom stereocenters. The van der Waals surface area contributed by atoms with E-state index in [1.165, 1.54) is 0 Å². The molecule has 2 rings (SSSR count). The second kappa shape index (κ2) is 4.11. The van der Waals surface area contributed by atoms with Gasteiger partial charge in [-0.15, -0.1) is 0 Å². The average Bonchev–Trinajstić information content (AvgIpc) is 2.74. The number of imidazole rings is 1. The Balaban J connectivity index is 2.11. The largest absolute Gasteiger partial charge is 0.378 e. The van der Waals surface area contributed by atoms with Gasteiger partial charge in [-0.2, -0.15) is 0 Å². The van der Waals surface area contributed by atoms with Gasteiger partial charge in [0.05, 0.1) is 24.8 Å². The summed E-state index contributed by atoms with van der Waals surface area (Å²) >= 11 is 0. The summed E-state index contributed by atoms with van der Waals surface area (Å²) in [6, 6.07) is 0.885. The molecule has 1 aromatic rings. The Morgan fingerprint density at radius 2 is 2.50 bits per heavy atom. The van der Waals surface area contributed by atoms with Gasteiger partial charge in [-0.1, -0.05) is 0 Å². The van der Waals surface area contributed by atoms with Crippen LogP contribution in [-0.2, 0) is 11.3 Å². The van der Waals surface area contributed by atoms with Crippen molar-refractivity contribution in [3.05, 3.63) is 18.2 Å². The monoisotopic (exact) mass is 195 g/mol. The van der Waals surface area contributed by atoms with Crippen molar-refractivity contribution in [2.45, 2.75) is 38.0 Å². The topological polar surface area (TPSA) is 53.1 Å². The lowest BCUT2D eigenvalue weighted by Gasteiger charge is -2.14. The van der Waals surface area contributed by atoms with Crippen molar-refractivity contribution in [1.29, 1.82) is 0 Å². The molecule has 1 aliphatic rings. The number of rotatable bonds is 3. The van der Waals surface area contributed by atoms with E-state index in [4.69, 9.17) is 10.5 Å². The summed E-state index contributed by atoms with van der Waals surface area (Å²) in [5.74, 6) is 0. The number of nitrogens with two attached hydrogens (primary N) is 1. The van der Waals surface area contributed by atoms with Crippen molar-refractivity contribution in [2.24, 2.45) is 5.73 Å². The van der Waals surface area contributed by atoms with Gasteiger partial charge < -0.3 is 15.0 Å². The fourth-order valence-electron chi connectivity index (χ4n) is 2.16. The molecule has 1 heterocycles. The molecule has 14 heavy (non-hydrogen) atoms. The molecular weight excluding hydrogens is 178 g/mol. The molecular formula is C10H17N3O. The number of ether oxygens (including phenoxy) is 1. The summed E-state index contributed by atoms with van der Waals surface area (Å²) in [6.07, 6.45) is 7.10. The molecule has 1 aromatic heterocycles. The minimum Gasteiger partial charge on any atom is -0.378 e. The van der Waals surface area contributed by atoms with Crippen molar-refractivity contribution < 1.29 is 4.74 Å². The van der Waals surface area contributed by atoms with Crippen LogP contribution in [0, 0.1) is 0 Å². The average molecular weight is 195 g/mol. The third kappa shape index (κ3) is 1.81. The maximum absolute atomic E-state index is 5.89. The van der Waals surface area contributed by atoms with Gasteiger partial charge in [-0.25, -0.2) is 4.98 Å².